The van der Waals surface area contributed by atoms with Crippen molar-refractivity contribution in [3.8, 4) is 0 Å². The van der Waals surface area contributed by atoms with Gasteiger partial charge >= 0.3 is 0 Å². The van der Waals surface area contributed by atoms with Crippen LogP contribution in [-0.2, 0) is 4.74 Å². The minimum absolute atomic E-state index is 0.193. The minimum atomic E-state index is 0.193. The van der Waals surface area contributed by atoms with Gasteiger partial charge < -0.3 is 10.1 Å². The Balaban J connectivity index is 2.06. The van der Waals surface area contributed by atoms with Gasteiger partial charge in [-0.05, 0) is 50.1 Å². The van der Waals surface area contributed by atoms with Gasteiger partial charge in [-0.15, -0.1) is 5.10 Å². The highest BCUT2D eigenvalue weighted by Crippen LogP contribution is 2.26. The third-order valence-electron chi connectivity index (χ3n) is 3.41. The van der Waals surface area contributed by atoms with Crippen LogP contribution in [0.2, 0.25) is 0 Å². The van der Waals surface area contributed by atoms with Crippen LogP contribution in [-0.4, -0.2) is 39.5 Å². The number of tetrazole rings is 1. The van der Waals surface area contributed by atoms with Gasteiger partial charge in [-0.2, -0.15) is 0 Å². The third-order valence-corrected chi connectivity index (χ3v) is 3.41. The van der Waals surface area contributed by atoms with Crippen LogP contribution in [0.5, 0.6) is 0 Å². The maximum atomic E-state index is 5.57. The van der Waals surface area contributed by atoms with Crippen LogP contribution in [0.4, 0.5) is 0 Å². The summed E-state index contributed by atoms with van der Waals surface area (Å²) in [5.41, 5.74) is 0. The first-order chi connectivity index (χ1) is 8.72. The van der Waals surface area contributed by atoms with E-state index in [0.29, 0.717) is 12.1 Å². The van der Waals surface area contributed by atoms with Gasteiger partial charge in [0.2, 0.25) is 0 Å². The molecule has 0 saturated carbocycles. The topological polar surface area (TPSA) is 64.9 Å². The van der Waals surface area contributed by atoms with E-state index in [0.717, 1.165) is 38.2 Å². The molecule has 6 heteroatoms. The zero-order valence-electron chi connectivity index (χ0n) is 11.5. The Labute approximate surface area is 108 Å². The van der Waals surface area contributed by atoms with Crippen LogP contribution in [0.25, 0.3) is 0 Å². The standard InChI is InChI=1S/C12H23N5O/c1-4-6-13-10(3)12-14-15-16-17(12)11-5-7-18-9(2)8-11/h9-11,13H,4-8H2,1-3H3. The van der Waals surface area contributed by atoms with Crippen molar-refractivity contribution in [3.05, 3.63) is 5.82 Å². The van der Waals surface area contributed by atoms with Crippen LogP contribution in [0, 0.1) is 0 Å². The van der Waals surface area contributed by atoms with Crippen molar-refractivity contribution >= 4 is 0 Å². The van der Waals surface area contributed by atoms with Crippen molar-refractivity contribution < 1.29 is 4.74 Å². The van der Waals surface area contributed by atoms with E-state index in [1.807, 2.05) is 4.68 Å². The van der Waals surface area contributed by atoms with Gasteiger partial charge in [0, 0.05) is 6.61 Å². The molecule has 3 unspecified atom stereocenters. The summed E-state index contributed by atoms with van der Waals surface area (Å²) in [6, 6.07) is 0.558. The maximum Gasteiger partial charge on any atom is 0.168 e. The van der Waals surface area contributed by atoms with Crippen LogP contribution in [0.1, 0.15) is 57.9 Å². The van der Waals surface area contributed by atoms with Crippen molar-refractivity contribution in [1.82, 2.24) is 25.5 Å². The molecule has 1 aromatic heterocycles. The lowest BCUT2D eigenvalue weighted by molar-refractivity contribution is 0.00227. The van der Waals surface area contributed by atoms with Crippen LogP contribution in [0.15, 0.2) is 0 Å². The first-order valence-electron chi connectivity index (χ1n) is 6.85. The summed E-state index contributed by atoms with van der Waals surface area (Å²) in [6.45, 7) is 8.15. The van der Waals surface area contributed by atoms with Crippen molar-refractivity contribution in [2.45, 2.75) is 58.2 Å². The van der Waals surface area contributed by atoms with Gasteiger partial charge in [0.05, 0.1) is 18.2 Å². The lowest BCUT2D eigenvalue weighted by Crippen LogP contribution is -2.30. The molecule has 1 aliphatic heterocycles. The molecule has 1 aliphatic rings. The van der Waals surface area contributed by atoms with E-state index in [2.05, 4.69) is 41.6 Å². The van der Waals surface area contributed by atoms with E-state index < -0.39 is 0 Å². The zero-order valence-corrected chi connectivity index (χ0v) is 11.5. The summed E-state index contributed by atoms with van der Waals surface area (Å²) in [6.07, 6.45) is 3.38. The third kappa shape index (κ3) is 3.05. The Hall–Kier alpha value is -1.01. The number of nitrogens with zero attached hydrogens (tertiary/aromatic N) is 4. The highest BCUT2D eigenvalue weighted by Gasteiger charge is 2.25. The largest absolute Gasteiger partial charge is 0.378 e. The smallest absolute Gasteiger partial charge is 0.168 e. The van der Waals surface area contributed by atoms with Gasteiger partial charge in [-0.3, -0.25) is 0 Å². The molecule has 2 heterocycles. The van der Waals surface area contributed by atoms with E-state index in [-0.39, 0.29) is 6.04 Å². The number of nitrogens with one attached hydrogen (secondary N) is 1. The molecule has 1 saturated heterocycles. The number of hydrogen-bond donors (Lipinski definition) is 1. The number of hydrogen-bond acceptors (Lipinski definition) is 5. The molecule has 18 heavy (non-hydrogen) atoms. The molecule has 102 valence electrons. The molecule has 6 nitrogen and oxygen atoms in total. The molecule has 0 spiro atoms. The fraction of sp³-hybridized carbons (Fsp3) is 0.917. The van der Waals surface area contributed by atoms with Gasteiger partial charge in [0.1, 0.15) is 0 Å². The molecule has 0 aromatic carbocycles. The highest BCUT2D eigenvalue weighted by atomic mass is 16.5. The fourth-order valence-corrected chi connectivity index (χ4v) is 2.39. The normalized spacial score (nSPS) is 26.2. The van der Waals surface area contributed by atoms with Gasteiger partial charge in [-0.25, -0.2) is 4.68 Å². The molecule has 0 amide bonds. The Bertz CT molecular complexity index is 367. The molecule has 1 aromatic rings. The molecule has 0 radical (unpaired) electrons. The number of ether oxygens (including phenoxy) is 1. The molecule has 1 fully saturated rings. The molecule has 3 atom stereocenters. The number of aromatic nitrogens is 4. The summed E-state index contributed by atoms with van der Waals surface area (Å²) in [5, 5.41) is 15.6. The summed E-state index contributed by atoms with van der Waals surface area (Å²) < 4.78 is 7.55. The second-order valence-electron chi connectivity index (χ2n) is 5.02. The monoisotopic (exact) mass is 253 g/mol. The zero-order chi connectivity index (χ0) is 13.0. The van der Waals surface area contributed by atoms with E-state index >= 15 is 0 Å². The van der Waals surface area contributed by atoms with Crippen LogP contribution < -0.4 is 5.32 Å². The van der Waals surface area contributed by atoms with Crippen molar-refractivity contribution in [2.24, 2.45) is 0 Å². The van der Waals surface area contributed by atoms with Crippen molar-refractivity contribution in [1.29, 1.82) is 0 Å². The van der Waals surface area contributed by atoms with E-state index in [1.165, 1.54) is 0 Å². The van der Waals surface area contributed by atoms with Crippen molar-refractivity contribution in [3.63, 3.8) is 0 Å². The summed E-state index contributed by atoms with van der Waals surface area (Å²) >= 11 is 0. The second-order valence-corrected chi connectivity index (χ2v) is 5.02. The summed E-state index contributed by atoms with van der Waals surface area (Å²) in [7, 11) is 0. The summed E-state index contributed by atoms with van der Waals surface area (Å²) in [5.74, 6) is 0.933. The molecular formula is C12H23N5O. The predicted octanol–water partition coefficient (Wildman–Crippen LogP) is 1.47. The summed E-state index contributed by atoms with van der Waals surface area (Å²) in [4.78, 5) is 0. The maximum absolute atomic E-state index is 5.57. The molecule has 2 rings (SSSR count). The Morgan fingerprint density at radius 2 is 2.39 bits per heavy atom. The van der Waals surface area contributed by atoms with Gasteiger partial charge in [-0.1, -0.05) is 6.92 Å². The average molecular weight is 253 g/mol. The van der Waals surface area contributed by atoms with E-state index in [4.69, 9.17) is 4.74 Å². The average Bonchev–Trinajstić information content (AvgIpc) is 2.85. The van der Waals surface area contributed by atoms with E-state index in [1.54, 1.807) is 0 Å². The second kappa shape index (κ2) is 6.24. The Kier molecular flexibility index (Phi) is 4.66. The SMILES string of the molecule is CCCNC(C)c1nnnn1C1CCOC(C)C1. The van der Waals surface area contributed by atoms with Crippen LogP contribution in [0.3, 0.4) is 0 Å². The lowest BCUT2D eigenvalue weighted by Gasteiger charge is -2.28. The predicted molar refractivity (Wildman–Crippen MR) is 68.2 cm³/mol. The first-order valence-corrected chi connectivity index (χ1v) is 6.85. The number of rotatable bonds is 5. The molecule has 0 bridgehead atoms. The van der Waals surface area contributed by atoms with Gasteiger partial charge in [0.15, 0.2) is 5.82 Å². The van der Waals surface area contributed by atoms with Crippen molar-refractivity contribution in [2.75, 3.05) is 13.2 Å². The minimum Gasteiger partial charge on any atom is -0.378 e. The molecule has 0 aliphatic carbocycles. The molecular weight excluding hydrogens is 230 g/mol. The van der Waals surface area contributed by atoms with E-state index in [9.17, 15) is 0 Å². The lowest BCUT2D eigenvalue weighted by atomic mass is 10.0. The quantitative estimate of drug-likeness (QED) is 0.861. The van der Waals surface area contributed by atoms with Crippen LogP contribution >= 0.6 is 0 Å². The first kappa shape index (κ1) is 13.4. The molecule has 1 N–H and O–H groups in total. The van der Waals surface area contributed by atoms with Gasteiger partial charge in [0.25, 0.3) is 0 Å². The Morgan fingerprint density at radius 3 is 3.11 bits per heavy atom. The Morgan fingerprint density at radius 1 is 1.56 bits per heavy atom. The highest BCUT2D eigenvalue weighted by molar-refractivity contribution is 4.93. The fourth-order valence-electron chi connectivity index (χ4n) is 2.39.